The van der Waals surface area contributed by atoms with Crippen molar-refractivity contribution in [1.82, 2.24) is 9.88 Å². The molecular weight excluding hydrogens is 390 g/mol. The van der Waals surface area contributed by atoms with Crippen LogP contribution < -0.4 is 10.6 Å². The number of hydrogen-bond donors (Lipinski definition) is 2. The van der Waals surface area contributed by atoms with Gasteiger partial charge >= 0.3 is 0 Å². The Balaban J connectivity index is 1.45. The largest absolute Gasteiger partial charge is 0.381 e. The molecule has 1 aliphatic rings. The highest BCUT2D eigenvalue weighted by atomic mass is 16.5. The van der Waals surface area contributed by atoms with Gasteiger partial charge < -0.3 is 19.9 Å². The van der Waals surface area contributed by atoms with Gasteiger partial charge in [-0.1, -0.05) is 36.8 Å². The normalized spacial score (nSPS) is 18.6. The molecule has 162 valence electrons. The summed E-state index contributed by atoms with van der Waals surface area (Å²) < 4.78 is 7.33. The van der Waals surface area contributed by atoms with E-state index in [1.54, 1.807) is 7.11 Å². The Morgan fingerprint density at radius 3 is 2.68 bits per heavy atom. The number of carbonyl (C=O) groups is 2. The van der Waals surface area contributed by atoms with E-state index in [0.717, 1.165) is 47.8 Å². The van der Waals surface area contributed by atoms with Crippen LogP contribution in [0.2, 0.25) is 0 Å². The average Bonchev–Trinajstić information content (AvgIpc) is 3.14. The number of rotatable bonds is 6. The van der Waals surface area contributed by atoms with Crippen LogP contribution in [0.5, 0.6) is 0 Å². The van der Waals surface area contributed by atoms with E-state index in [4.69, 9.17) is 4.74 Å². The molecule has 6 heteroatoms. The lowest BCUT2D eigenvalue weighted by Gasteiger charge is -2.27. The van der Waals surface area contributed by atoms with Crippen molar-refractivity contribution in [1.29, 1.82) is 0 Å². The van der Waals surface area contributed by atoms with Crippen molar-refractivity contribution in [3.63, 3.8) is 0 Å². The van der Waals surface area contributed by atoms with Crippen LogP contribution in [-0.4, -0.2) is 29.6 Å². The van der Waals surface area contributed by atoms with Crippen molar-refractivity contribution in [2.45, 2.75) is 38.3 Å². The number of benzene rings is 2. The summed E-state index contributed by atoms with van der Waals surface area (Å²) in [5.74, 6) is -0.108. The molecule has 0 aliphatic heterocycles. The smallest absolute Gasteiger partial charge is 0.268 e. The lowest BCUT2D eigenvalue weighted by molar-refractivity contribution is -0.122. The molecule has 2 atom stereocenters. The number of aromatic nitrogens is 1. The van der Waals surface area contributed by atoms with Crippen LogP contribution in [0.15, 0.2) is 54.6 Å². The monoisotopic (exact) mass is 419 g/mol. The van der Waals surface area contributed by atoms with E-state index < -0.39 is 0 Å². The van der Waals surface area contributed by atoms with Gasteiger partial charge in [-0.05, 0) is 49.1 Å². The lowest BCUT2D eigenvalue weighted by Crippen LogP contribution is -2.30. The summed E-state index contributed by atoms with van der Waals surface area (Å²) in [6.45, 7) is 0.479. The summed E-state index contributed by atoms with van der Waals surface area (Å²) in [4.78, 5) is 25.5. The molecule has 0 bridgehead atoms. The third kappa shape index (κ3) is 4.80. The molecule has 2 N–H and O–H groups in total. The number of hydrogen-bond acceptors (Lipinski definition) is 3. The fourth-order valence-corrected chi connectivity index (χ4v) is 4.36. The van der Waals surface area contributed by atoms with Gasteiger partial charge in [0, 0.05) is 43.2 Å². The number of fused-ring (bicyclic) bond motifs is 1. The van der Waals surface area contributed by atoms with Gasteiger partial charge in [-0.3, -0.25) is 9.59 Å². The standard InChI is InChI=1S/C25H29N3O3/c1-28-22-12-11-20(27-24(29)18-9-6-10-21(14-18)31-2)13-19(22)15-23(28)25(30)26-16-17-7-4-3-5-8-17/h3-5,7-8,11-13,15,18,21H,6,9-10,14,16H2,1-2H3,(H,26,30)(H,27,29). The Bertz CT molecular complexity index is 1070. The van der Waals surface area contributed by atoms with Crippen LogP contribution in [0.25, 0.3) is 10.9 Å². The number of methoxy groups -OCH3 is 1. The van der Waals surface area contributed by atoms with Gasteiger partial charge in [0.25, 0.3) is 5.91 Å². The van der Waals surface area contributed by atoms with Gasteiger partial charge in [-0.25, -0.2) is 0 Å². The maximum absolute atomic E-state index is 12.7. The highest BCUT2D eigenvalue weighted by Crippen LogP contribution is 2.28. The molecule has 1 aliphatic carbocycles. The van der Waals surface area contributed by atoms with Crippen molar-refractivity contribution in [3.05, 3.63) is 65.9 Å². The van der Waals surface area contributed by atoms with Gasteiger partial charge in [0.2, 0.25) is 5.91 Å². The number of nitrogens with zero attached hydrogens (tertiary/aromatic N) is 1. The van der Waals surface area contributed by atoms with E-state index in [-0.39, 0.29) is 23.8 Å². The summed E-state index contributed by atoms with van der Waals surface area (Å²) in [5.41, 5.74) is 3.33. The number of amides is 2. The second-order valence-electron chi connectivity index (χ2n) is 8.24. The summed E-state index contributed by atoms with van der Waals surface area (Å²) in [6, 6.07) is 17.5. The topological polar surface area (TPSA) is 72.4 Å². The van der Waals surface area contributed by atoms with Crippen LogP contribution in [0.1, 0.15) is 41.7 Å². The van der Waals surface area contributed by atoms with E-state index in [9.17, 15) is 9.59 Å². The van der Waals surface area contributed by atoms with Crippen molar-refractivity contribution in [2.24, 2.45) is 13.0 Å². The minimum atomic E-state index is -0.124. The molecule has 0 radical (unpaired) electrons. The molecule has 3 aromatic rings. The van der Waals surface area contributed by atoms with Crippen LogP contribution in [0, 0.1) is 5.92 Å². The number of ether oxygens (including phenoxy) is 1. The minimum Gasteiger partial charge on any atom is -0.381 e. The molecule has 1 fully saturated rings. The first-order valence-corrected chi connectivity index (χ1v) is 10.8. The molecule has 4 rings (SSSR count). The number of aryl methyl sites for hydroxylation is 1. The molecule has 1 saturated carbocycles. The lowest BCUT2D eigenvalue weighted by atomic mass is 9.86. The maximum atomic E-state index is 12.7. The van der Waals surface area contributed by atoms with Gasteiger partial charge in [0.15, 0.2) is 0 Å². The zero-order valence-electron chi connectivity index (χ0n) is 18.1. The Kier molecular flexibility index (Phi) is 6.37. The average molecular weight is 420 g/mol. The van der Waals surface area contributed by atoms with E-state index in [1.165, 1.54) is 0 Å². The Morgan fingerprint density at radius 1 is 1.10 bits per heavy atom. The fourth-order valence-electron chi connectivity index (χ4n) is 4.36. The highest BCUT2D eigenvalue weighted by Gasteiger charge is 2.27. The second kappa shape index (κ2) is 9.35. The first-order chi connectivity index (χ1) is 15.0. The molecule has 0 saturated heterocycles. The van der Waals surface area contributed by atoms with Crippen LogP contribution in [-0.2, 0) is 23.1 Å². The maximum Gasteiger partial charge on any atom is 0.268 e. The van der Waals surface area contributed by atoms with E-state index in [1.807, 2.05) is 66.2 Å². The minimum absolute atomic E-state index is 0.0236. The van der Waals surface area contributed by atoms with E-state index in [0.29, 0.717) is 12.2 Å². The predicted molar refractivity (Wildman–Crippen MR) is 122 cm³/mol. The first-order valence-electron chi connectivity index (χ1n) is 10.8. The Labute approximate surface area is 182 Å². The summed E-state index contributed by atoms with van der Waals surface area (Å²) in [7, 11) is 3.59. The third-order valence-electron chi connectivity index (χ3n) is 6.17. The summed E-state index contributed by atoms with van der Waals surface area (Å²) in [6.07, 6.45) is 3.85. The number of nitrogens with one attached hydrogen (secondary N) is 2. The SMILES string of the molecule is COC1CCCC(C(=O)Nc2ccc3c(c2)cc(C(=O)NCc2ccccc2)n3C)C1. The van der Waals surface area contributed by atoms with Crippen molar-refractivity contribution in [3.8, 4) is 0 Å². The van der Waals surface area contributed by atoms with Gasteiger partial charge in [-0.2, -0.15) is 0 Å². The second-order valence-corrected chi connectivity index (χ2v) is 8.24. The third-order valence-corrected chi connectivity index (χ3v) is 6.17. The van der Waals surface area contributed by atoms with Crippen molar-refractivity contribution < 1.29 is 14.3 Å². The Hall–Kier alpha value is -3.12. The van der Waals surface area contributed by atoms with Gasteiger partial charge in [0.1, 0.15) is 5.69 Å². The molecular formula is C25H29N3O3. The predicted octanol–water partition coefficient (Wildman–Crippen LogP) is 4.25. The molecule has 31 heavy (non-hydrogen) atoms. The molecule has 1 heterocycles. The molecule has 2 unspecified atom stereocenters. The van der Waals surface area contributed by atoms with E-state index >= 15 is 0 Å². The van der Waals surface area contributed by atoms with Gasteiger partial charge in [0.05, 0.1) is 6.10 Å². The van der Waals surface area contributed by atoms with Gasteiger partial charge in [-0.15, -0.1) is 0 Å². The van der Waals surface area contributed by atoms with Crippen molar-refractivity contribution in [2.75, 3.05) is 12.4 Å². The van der Waals surface area contributed by atoms with E-state index in [2.05, 4.69) is 10.6 Å². The molecule has 2 amide bonds. The van der Waals surface area contributed by atoms with Crippen LogP contribution >= 0.6 is 0 Å². The Morgan fingerprint density at radius 2 is 1.90 bits per heavy atom. The first kappa shape index (κ1) is 21.1. The van der Waals surface area contributed by atoms with Crippen LogP contribution in [0.4, 0.5) is 5.69 Å². The fraction of sp³-hybridized carbons (Fsp3) is 0.360. The number of carbonyl (C=O) groups excluding carboxylic acids is 2. The van der Waals surface area contributed by atoms with Crippen molar-refractivity contribution >= 4 is 28.4 Å². The zero-order chi connectivity index (χ0) is 21.8. The quantitative estimate of drug-likeness (QED) is 0.627. The number of anilines is 1. The highest BCUT2D eigenvalue weighted by molar-refractivity contribution is 6.00. The zero-order valence-corrected chi connectivity index (χ0v) is 18.1. The molecule has 2 aromatic carbocycles. The van der Waals surface area contributed by atoms with Crippen LogP contribution in [0.3, 0.4) is 0 Å². The molecule has 1 aromatic heterocycles. The molecule has 6 nitrogen and oxygen atoms in total. The summed E-state index contributed by atoms with van der Waals surface area (Å²) in [5, 5.41) is 6.94. The summed E-state index contributed by atoms with van der Waals surface area (Å²) >= 11 is 0. The molecule has 0 spiro atoms.